The third kappa shape index (κ3) is 3.58. The minimum atomic E-state index is -0.0790. The van der Waals surface area contributed by atoms with E-state index in [1.54, 1.807) is 23.9 Å². The van der Waals surface area contributed by atoms with E-state index in [1.165, 1.54) is 0 Å². The number of carbonyl (C=O) groups is 1. The van der Waals surface area contributed by atoms with E-state index < -0.39 is 0 Å². The molecule has 1 aliphatic rings. The molecule has 1 saturated carbocycles. The molecule has 150 valence electrons. The third-order valence-corrected chi connectivity index (χ3v) is 5.53. The molecule has 2 N–H and O–H groups in total. The van der Waals surface area contributed by atoms with Crippen LogP contribution in [0.5, 0.6) is 5.75 Å². The van der Waals surface area contributed by atoms with Crippen LogP contribution in [0.3, 0.4) is 0 Å². The Balaban J connectivity index is 1.84. The van der Waals surface area contributed by atoms with Crippen LogP contribution in [-0.2, 0) is 6.54 Å². The second-order valence-electron chi connectivity index (χ2n) is 7.35. The number of hydrogen-bond acceptors (Lipinski definition) is 3. The molecule has 0 radical (unpaired) electrons. The number of amides is 1. The molecule has 0 atom stereocenters. The molecule has 0 saturated heterocycles. The predicted octanol–water partition coefficient (Wildman–Crippen LogP) is 3.86. The van der Waals surface area contributed by atoms with E-state index in [-0.39, 0.29) is 17.5 Å². The number of H-pyrrole nitrogens is 1. The van der Waals surface area contributed by atoms with Gasteiger partial charge in [-0.25, -0.2) is 0 Å². The summed E-state index contributed by atoms with van der Waals surface area (Å²) < 4.78 is 7.24. The first-order valence-corrected chi connectivity index (χ1v) is 9.93. The molecule has 6 heteroatoms. The minimum Gasteiger partial charge on any atom is -0.496 e. The number of aromatic nitrogens is 2. The van der Waals surface area contributed by atoms with Gasteiger partial charge in [-0.05, 0) is 50.5 Å². The molecule has 0 aliphatic heterocycles. The number of rotatable bonds is 6. The van der Waals surface area contributed by atoms with Gasteiger partial charge in [-0.15, -0.1) is 0 Å². The number of methoxy groups -OCH3 is 1. The monoisotopic (exact) mass is 391 g/mol. The summed E-state index contributed by atoms with van der Waals surface area (Å²) in [5.41, 5.74) is 2.68. The Morgan fingerprint density at radius 1 is 1.31 bits per heavy atom. The molecule has 29 heavy (non-hydrogen) atoms. The van der Waals surface area contributed by atoms with E-state index in [1.807, 2.05) is 43.5 Å². The van der Waals surface area contributed by atoms with Crippen molar-refractivity contribution in [2.75, 3.05) is 7.11 Å². The topological polar surface area (TPSA) is 76.1 Å². The quantitative estimate of drug-likeness (QED) is 0.627. The maximum absolute atomic E-state index is 12.8. The number of hydrogen-bond donors (Lipinski definition) is 2. The van der Waals surface area contributed by atoms with E-state index in [9.17, 15) is 9.59 Å². The van der Waals surface area contributed by atoms with Gasteiger partial charge in [0.15, 0.2) is 0 Å². The van der Waals surface area contributed by atoms with Gasteiger partial charge in [0, 0.05) is 47.1 Å². The lowest BCUT2D eigenvalue weighted by Gasteiger charge is -2.26. The summed E-state index contributed by atoms with van der Waals surface area (Å²) in [6.45, 7) is 2.40. The van der Waals surface area contributed by atoms with Gasteiger partial charge in [-0.1, -0.05) is 12.2 Å². The van der Waals surface area contributed by atoms with Gasteiger partial charge in [-0.2, -0.15) is 0 Å². The van der Waals surface area contributed by atoms with Gasteiger partial charge < -0.3 is 19.6 Å². The largest absolute Gasteiger partial charge is 0.496 e. The van der Waals surface area contributed by atoms with Gasteiger partial charge in [0.2, 0.25) is 0 Å². The fourth-order valence-electron chi connectivity index (χ4n) is 3.65. The summed E-state index contributed by atoms with van der Waals surface area (Å²) in [5.74, 6) is 0.579. The smallest absolute Gasteiger partial charge is 0.275 e. The molecule has 0 unspecified atom stereocenters. The van der Waals surface area contributed by atoms with E-state index in [4.69, 9.17) is 4.74 Å². The predicted molar refractivity (Wildman–Crippen MR) is 114 cm³/mol. The van der Waals surface area contributed by atoms with Crippen LogP contribution in [0.15, 0.2) is 53.6 Å². The summed E-state index contributed by atoms with van der Waals surface area (Å²) in [4.78, 5) is 28.5. The zero-order chi connectivity index (χ0) is 20.4. The molecule has 1 aromatic carbocycles. The summed E-state index contributed by atoms with van der Waals surface area (Å²) in [6.07, 6.45) is 10.7. The third-order valence-electron chi connectivity index (χ3n) is 5.53. The molecule has 3 aromatic rings. The van der Waals surface area contributed by atoms with Crippen LogP contribution < -0.4 is 15.6 Å². The van der Waals surface area contributed by atoms with Crippen molar-refractivity contribution in [2.24, 2.45) is 0 Å². The molecule has 2 heterocycles. The molecule has 1 amide bonds. The minimum absolute atomic E-state index is 0.0776. The number of carbonyl (C=O) groups excluding carboxylic acids is 1. The maximum Gasteiger partial charge on any atom is 0.275 e. The highest BCUT2D eigenvalue weighted by Gasteiger charge is 2.21. The molecular formula is C23H25N3O3. The van der Waals surface area contributed by atoms with Crippen LogP contribution in [0.1, 0.15) is 36.5 Å². The molecular weight excluding hydrogens is 366 g/mol. The Labute approximate surface area is 169 Å². The average molecular weight is 391 g/mol. The van der Waals surface area contributed by atoms with E-state index in [2.05, 4.69) is 10.3 Å². The Morgan fingerprint density at radius 2 is 2.14 bits per heavy atom. The van der Waals surface area contributed by atoms with Gasteiger partial charge in [-0.3, -0.25) is 9.59 Å². The molecule has 1 fully saturated rings. The Hall–Kier alpha value is -3.28. The highest BCUT2D eigenvalue weighted by Crippen LogP contribution is 2.35. The van der Waals surface area contributed by atoms with Crippen LogP contribution >= 0.6 is 0 Å². The van der Waals surface area contributed by atoms with Crippen molar-refractivity contribution in [3.8, 4) is 16.9 Å². The molecule has 0 bridgehead atoms. The number of pyridine rings is 1. The number of nitrogens with one attached hydrogen (secondary N) is 2. The Morgan fingerprint density at radius 3 is 2.83 bits per heavy atom. The summed E-state index contributed by atoms with van der Waals surface area (Å²) in [5, 5.41) is 3.89. The number of fused-ring (bicyclic) bond motifs is 1. The van der Waals surface area contributed by atoms with E-state index in [0.717, 1.165) is 35.8 Å². The normalized spacial score (nSPS) is 14.3. The zero-order valence-corrected chi connectivity index (χ0v) is 16.7. The highest BCUT2D eigenvalue weighted by atomic mass is 16.5. The van der Waals surface area contributed by atoms with Gasteiger partial charge in [0.05, 0.1) is 7.11 Å². The molecule has 0 spiro atoms. The van der Waals surface area contributed by atoms with Crippen molar-refractivity contribution in [3.63, 3.8) is 0 Å². The van der Waals surface area contributed by atoms with Gasteiger partial charge in [0.1, 0.15) is 11.3 Å². The number of allylic oxidation sites excluding steroid dienone is 2. The van der Waals surface area contributed by atoms with Gasteiger partial charge >= 0.3 is 0 Å². The fourth-order valence-corrected chi connectivity index (χ4v) is 3.65. The van der Waals surface area contributed by atoms with Crippen LogP contribution in [0.2, 0.25) is 0 Å². The van der Waals surface area contributed by atoms with E-state index in [0.29, 0.717) is 23.4 Å². The van der Waals surface area contributed by atoms with Crippen LogP contribution in [0.25, 0.3) is 22.0 Å². The van der Waals surface area contributed by atoms with Crippen LogP contribution in [0, 0.1) is 0 Å². The molecule has 1 aliphatic carbocycles. The lowest BCUT2D eigenvalue weighted by molar-refractivity contribution is 0.0917. The first-order chi connectivity index (χ1) is 14.1. The summed E-state index contributed by atoms with van der Waals surface area (Å²) in [7, 11) is 1.61. The van der Waals surface area contributed by atoms with Crippen molar-refractivity contribution in [2.45, 2.75) is 38.8 Å². The maximum atomic E-state index is 12.8. The molecule has 2 aromatic heterocycles. The second kappa shape index (κ2) is 7.99. The first kappa shape index (κ1) is 19.1. The Kier molecular flexibility index (Phi) is 5.25. The lowest BCUT2D eigenvalue weighted by atomic mass is 9.92. The van der Waals surface area contributed by atoms with Crippen LogP contribution in [0.4, 0.5) is 0 Å². The number of ether oxygens (including phenoxy) is 1. The zero-order valence-electron chi connectivity index (χ0n) is 16.7. The van der Waals surface area contributed by atoms with Crippen LogP contribution in [-0.4, -0.2) is 28.6 Å². The van der Waals surface area contributed by atoms with Crippen molar-refractivity contribution in [1.82, 2.24) is 14.9 Å². The number of nitrogens with zero attached hydrogens (tertiary/aromatic N) is 1. The average Bonchev–Trinajstić information content (AvgIpc) is 3.20. The van der Waals surface area contributed by atoms with E-state index >= 15 is 0 Å². The van der Waals surface area contributed by atoms with Crippen molar-refractivity contribution in [1.29, 1.82) is 0 Å². The first-order valence-electron chi connectivity index (χ1n) is 9.93. The Bertz CT molecular complexity index is 1140. The molecule has 6 nitrogen and oxygen atoms in total. The highest BCUT2D eigenvalue weighted by molar-refractivity contribution is 6.00. The number of benzene rings is 1. The lowest BCUT2D eigenvalue weighted by Crippen LogP contribution is -2.39. The van der Waals surface area contributed by atoms with Crippen molar-refractivity contribution < 1.29 is 9.53 Å². The van der Waals surface area contributed by atoms with Crippen molar-refractivity contribution in [3.05, 3.63) is 64.7 Å². The van der Waals surface area contributed by atoms with Crippen molar-refractivity contribution >= 4 is 16.8 Å². The standard InChI is InChI=1S/C23H25N3O3/c1-3-4-12-26-14-19(17-10-11-24-21(17)23(26)28)18-13-15(8-9-20(18)29-2)22(27)25-16-6-5-7-16/h3-4,8-11,13-14,16,24H,5-7,12H2,1-2H3,(H,25,27)/b4-3+. The van der Waals surface area contributed by atoms with Gasteiger partial charge in [0.25, 0.3) is 11.5 Å². The molecule has 4 rings (SSSR count). The number of aromatic amines is 1. The summed E-state index contributed by atoms with van der Waals surface area (Å²) in [6, 6.07) is 7.59. The summed E-state index contributed by atoms with van der Waals surface area (Å²) >= 11 is 0. The SMILES string of the molecule is C/C=C/Cn1cc(-c2cc(C(=O)NC3CCC3)ccc2OC)c2cc[nH]c2c1=O. The second-order valence-corrected chi connectivity index (χ2v) is 7.35. The fraction of sp³-hybridized carbons (Fsp3) is 0.304.